The maximum atomic E-state index is 12.7. The van der Waals surface area contributed by atoms with Crippen LogP contribution in [0.5, 0.6) is 5.75 Å². The van der Waals surface area contributed by atoms with Crippen molar-refractivity contribution < 1.29 is 19.1 Å². The van der Waals surface area contributed by atoms with Gasteiger partial charge in [0.05, 0.1) is 17.8 Å². The normalized spacial score (nSPS) is 11.7. The number of nitrogens with one attached hydrogen (secondary N) is 2. The van der Waals surface area contributed by atoms with Crippen molar-refractivity contribution in [3.8, 4) is 5.75 Å². The van der Waals surface area contributed by atoms with Crippen LogP contribution in [0.2, 0.25) is 0 Å². The van der Waals surface area contributed by atoms with Crippen molar-refractivity contribution in [2.24, 2.45) is 5.41 Å². The number of hydrogen-bond acceptors (Lipinski definition) is 5. The fraction of sp³-hybridized carbons (Fsp3) is 0.517. The van der Waals surface area contributed by atoms with Gasteiger partial charge in [0.2, 0.25) is 0 Å². The van der Waals surface area contributed by atoms with Crippen molar-refractivity contribution in [2.45, 2.75) is 72.3 Å². The predicted molar refractivity (Wildman–Crippen MR) is 142 cm³/mol. The van der Waals surface area contributed by atoms with Crippen molar-refractivity contribution in [1.82, 2.24) is 5.32 Å². The lowest BCUT2D eigenvalue weighted by Gasteiger charge is -2.37. The van der Waals surface area contributed by atoms with Gasteiger partial charge in [-0.2, -0.15) is 0 Å². The number of carbonyl (C=O) groups excluding carboxylic acids is 2. The zero-order valence-corrected chi connectivity index (χ0v) is 22.2. The maximum absolute atomic E-state index is 12.7. The van der Waals surface area contributed by atoms with Gasteiger partial charge in [0, 0.05) is 24.8 Å². The molecular formula is C29H42N2O4. The highest BCUT2D eigenvalue weighted by Gasteiger charge is 2.30. The summed E-state index contributed by atoms with van der Waals surface area (Å²) in [5.74, 6) is -0.204. The Hall–Kier alpha value is -2.86. The van der Waals surface area contributed by atoms with E-state index in [4.69, 9.17) is 9.47 Å². The molecule has 0 bridgehead atoms. The van der Waals surface area contributed by atoms with Crippen LogP contribution in [0.1, 0.15) is 87.4 Å². The molecule has 0 aliphatic heterocycles. The largest absolute Gasteiger partial charge is 0.423 e. The molecule has 6 heteroatoms. The minimum absolute atomic E-state index is 0.154. The molecule has 0 atom stereocenters. The Bertz CT molecular complexity index is 930. The minimum atomic E-state index is -0.442. The number of amides is 1. The molecule has 0 aliphatic carbocycles. The molecular weight excluding hydrogens is 440 g/mol. The van der Waals surface area contributed by atoms with Crippen LogP contribution in [0.3, 0.4) is 0 Å². The predicted octanol–water partition coefficient (Wildman–Crippen LogP) is 6.47. The van der Waals surface area contributed by atoms with Gasteiger partial charge in [-0.05, 0) is 86.1 Å². The average molecular weight is 483 g/mol. The fourth-order valence-electron chi connectivity index (χ4n) is 3.78. The van der Waals surface area contributed by atoms with Crippen molar-refractivity contribution in [1.29, 1.82) is 0 Å². The molecule has 0 fully saturated rings. The van der Waals surface area contributed by atoms with Gasteiger partial charge in [-0.25, -0.2) is 4.79 Å². The van der Waals surface area contributed by atoms with Crippen LogP contribution in [0.25, 0.3) is 0 Å². The first-order valence-electron chi connectivity index (χ1n) is 12.8. The van der Waals surface area contributed by atoms with E-state index in [9.17, 15) is 9.59 Å². The molecule has 0 saturated carbocycles. The Morgan fingerprint density at radius 1 is 0.829 bits per heavy atom. The summed E-state index contributed by atoms with van der Waals surface area (Å²) in [7, 11) is 1.82. The van der Waals surface area contributed by atoms with Gasteiger partial charge >= 0.3 is 5.97 Å². The molecule has 2 N–H and O–H groups in total. The van der Waals surface area contributed by atoms with E-state index >= 15 is 0 Å². The van der Waals surface area contributed by atoms with Crippen LogP contribution in [-0.2, 0) is 4.74 Å². The highest BCUT2D eigenvalue weighted by atomic mass is 16.5. The molecule has 0 heterocycles. The third kappa shape index (κ3) is 8.10. The van der Waals surface area contributed by atoms with Gasteiger partial charge < -0.3 is 20.1 Å². The van der Waals surface area contributed by atoms with Crippen LogP contribution < -0.4 is 15.4 Å². The highest BCUT2D eigenvalue weighted by molar-refractivity contribution is 5.94. The zero-order chi connectivity index (χ0) is 25.9. The molecule has 0 aromatic heterocycles. The number of rotatable bonds is 14. The van der Waals surface area contributed by atoms with E-state index in [1.54, 1.807) is 36.4 Å². The number of benzene rings is 2. The van der Waals surface area contributed by atoms with E-state index in [2.05, 4.69) is 45.3 Å². The average Bonchev–Trinajstić information content (AvgIpc) is 2.90. The van der Waals surface area contributed by atoms with E-state index < -0.39 is 5.97 Å². The molecule has 1 amide bonds. The molecule has 0 spiro atoms. The Morgan fingerprint density at radius 3 is 1.91 bits per heavy atom. The Labute approximate surface area is 210 Å². The number of esters is 1. The molecule has 6 nitrogen and oxygen atoms in total. The number of hydrogen-bond donors (Lipinski definition) is 2. The summed E-state index contributed by atoms with van der Waals surface area (Å²) in [6.45, 7) is 12.3. The second-order valence-electron chi connectivity index (χ2n) is 9.44. The zero-order valence-electron chi connectivity index (χ0n) is 22.2. The summed E-state index contributed by atoms with van der Waals surface area (Å²) < 4.78 is 11.9. The SMILES string of the molecule is CCC(C)(CC)COC(CC)(CC)CCNC(=O)c1ccc(OC(=O)c2ccc(NC)cc2)cc1. The quantitative estimate of drug-likeness (QED) is 0.238. The highest BCUT2D eigenvalue weighted by Crippen LogP contribution is 2.31. The number of ether oxygens (including phenoxy) is 2. The van der Waals surface area contributed by atoms with Gasteiger partial charge in [0.1, 0.15) is 5.75 Å². The van der Waals surface area contributed by atoms with Crippen LogP contribution in [0, 0.1) is 5.41 Å². The summed E-state index contributed by atoms with van der Waals surface area (Å²) >= 11 is 0. The molecule has 2 aromatic carbocycles. The molecule has 2 aromatic rings. The van der Waals surface area contributed by atoms with E-state index in [1.807, 2.05) is 19.2 Å². The van der Waals surface area contributed by atoms with Crippen LogP contribution in [-0.4, -0.2) is 37.7 Å². The van der Waals surface area contributed by atoms with E-state index in [0.717, 1.165) is 44.4 Å². The fourth-order valence-corrected chi connectivity index (χ4v) is 3.78. The Morgan fingerprint density at radius 2 is 1.40 bits per heavy atom. The topological polar surface area (TPSA) is 76.7 Å². The van der Waals surface area contributed by atoms with Crippen molar-refractivity contribution in [3.05, 3.63) is 59.7 Å². The van der Waals surface area contributed by atoms with Gasteiger partial charge in [0.25, 0.3) is 5.91 Å². The van der Waals surface area contributed by atoms with Crippen molar-refractivity contribution in [2.75, 3.05) is 25.5 Å². The smallest absolute Gasteiger partial charge is 0.343 e. The van der Waals surface area contributed by atoms with Crippen LogP contribution in [0.15, 0.2) is 48.5 Å². The lowest BCUT2D eigenvalue weighted by Crippen LogP contribution is -2.39. The molecule has 0 radical (unpaired) electrons. The maximum Gasteiger partial charge on any atom is 0.343 e. The van der Waals surface area contributed by atoms with Crippen LogP contribution in [0.4, 0.5) is 5.69 Å². The molecule has 35 heavy (non-hydrogen) atoms. The third-order valence-electron chi connectivity index (χ3n) is 7.33. The van der Waals surface area contributed by atoms with E-state index in [1.165, 1.54) is 0 Å². The minimum Gasteiger partial charge on any atom is -0.423 e. The first-order valence-corrected chi connectivity index (χ1v) is 12.8. The third-order valence-corrected chi connectivity index (χ3v) is 7.33. The van der Waals surface area contributed by atoms with Crippen LogP contribution >= 0.6 is 0 Å². The lowest BCUT2D eigenvalue weighted by molar-refractivity contribution is -0.0913. The van der Waals surface area contributed by atoms with Gasteiger partial charge in [-0.15, -0.1) is 0 Å². The molecule has 192 valence electrons. The monoisotopic (exact) mass is 482 g/mol. The van der Waals surface area contributed by atoms with E-state index in [-0.39, 0.29) is 16.9 Å². The van der Waals surface area contributed by atoms with E-state index in [0.29, 0.717) is 23.4 Å². The summed E-state index contributed by atoms with van der Waals surface area (Å²) in [5, 5.41) is 6.02. The Balaban J connectivity index is 1.89. The first kappa shape index (κ1) is 28.4. The summed E-state index contributed by atoms with van der Waals surface area (Å²) in [6, 6.07) is 13.6. The molecule has 0 unspecified atom stereocenters. The summed E-state index contributed by atoms with van der Waals surface area (Å²) in [6.07, 6.45) is 4.73. The summed E-state index contributed by atoms with van der Waals surface area (Å²) in [5.41, 5.74) is 1.84. The van der Waals surface area contributed by atoms with Gasteiger partial charge in [-0.3, -0.25) is 4.79 Å². The van der Waals surface area contributed by atoms with Gasteiger partial charge in [0.15, 0.2) is 0 Å². The molecule has 2 rings (SSSR count). The number of carbonyl (C=O) groups is 2. The second-order valence-corrected chi connectivity index (χ2v) is 9.44. The molecule has 0 aliphatic rings. The summed E-state index contributed by atoms with van der Waals surface area (Å²) in [4.78, 5) is 25.0. The van der Waals surface area contributed by atoms with Crippen molar-refractivity contribution >= 4 is 17.6 Å². The van der Waals surface area contributed by atoms with Crippen molar-refractivity contribution in [3.63, 3.8) is 0 Å². The first-order chi connectivity index (χ1) is 16.7. The standard InChI is InChI=1S/C29H42N2O4/c1-7-28(5,8-2)21-34-29(9-3,10-4)19-20-31-26(32)22-13-17-25(18-14-22)35-27(33)23-11-15-24(30-6)16-12-23/h11-18,30H,7-10,19-21H2,1-6H3,(H,31,32). The number of anilines is 1. The Kier molecular flexibility index (Phi) is 10.8. The lowest BCUT2D eigenvalue weighted by atomic mass is 9.85. The van der Waals surface area contributed by atoms with Gasteiger partial charge in [-0.1, -0.05) is 34.6 Å². The second kappa shape index (κ2) is 13.3. The molecule has 0 saturated heterocycles.